The molecule has 0 aromatic rings. The van der Waals surface area contributed by atoms with Crippen molar-refractivity contribution in [3.8, 4) is 0 Å². The van der Waals surface area contributed by atoms with Gasteiger partial charge in [-0.3, -0.25) is 4.79 Å². The van der Waals surface area contributed by atoms with Crippen molar-refractivity contribution in [2.45, 2.75) is 90.2 Å². The summed E-state index contributed by atoms with van der Waals surface area (Å²) in [5.74, 6) is 2.63. The van der Waals surface area contributed by atoms with E-state index in [1.165, 1.54) is 45.1 Å². The molecule has 29 heavy (non-hydrogen) atoms. The predicted molar refractivity (Wildman–Crippen MR) is 113 cm³/mol. The first-order valence-electron chi connectivity index (χ1n) is 12.4. The molecule has 0 spiro atoms. The van der Waals surface area contributed by atoms with Gasteiger partial charge in [-0.15, -0.1) is 0 Å². The second-order valence-corrected chi connectivity index (χ2v) is 11.8. The number of ketones is 1. The van der Waals surface area contributed by atoms with E-state index >= 15 is 0 Å². The standard InChI is InChI=1S/C25H41NO3/c1-24-10-7-15(3-4-16-9-12-26-16)13-20(24)17(14-27)23(29)22-18-5-6-21(28)25(18,2)11-8-19(22)24/h15-20,22-23,26-27,29H,3-14H2,1-2H3/t15-,16?,17+,18-,19-,20?,22-,23+,24+,25-/m0/s1. The summed E-state index contributed by atoms with van der Waals surface area (Å²) in [5.41, 5.74) is -0.00615. The Hall–Kier alpha value is -0.450. The van der Waals surface area contributed by atoms with E-state index in [2.05, 4.69) is 19.2 Å². The molecule has 3 N–H and O–H groups in total. The van der Waals surface area contributed by atoms with Gasteiger partial charge in [-0.1, -0.05) is 13.8 Å². The third-order valence-electron chi connectivity index (χ3n) is 10.8. The summed E-state index contributed by atoms with van der Waals surface area (Å²) >= 11 is 0. The molecule has 2 unspecified atom stereocenters. The third-order valence-corrected chi connectivity index (χ3v) is 10.8. The van der Waals surface area contributed by atoms with Crippen molar-refractivity contribution in [1.29, 1.82) is 0 Å². The Kier molecular flexibility index (Phi) is 5.15. The smallest absolute Gasteiger partial charge is 0.139 e. The van der Waals surface area contributed by atoms with Crippen LogP contribution in [0.3, 0.4) is 0 Å². The van der Waals surface area contributed by atoms with Gasteiger partial charge in [0.25, 0.3) is 0 Å². The minimum atomic E-state index is -0.439. The van der Waals surface area contributed by atoms with Crippen LogP contribution in [0.15, 0.2) is 0 Å². The van der Waals surface area contributed by atoms with Crippen molar-refractivity contribution >= 4 is 5.78 Å². The minimum absolute atomic E-state index is 0.0103. The van der Waals surface area contributed by atoms with E-state index in [0.717, 1.165) is 31.2 Å². The van der Waals surface area contributed by atoms with Crippen LogP contribution in [0.25, 0.3) is 0 Å². The SMILES string of the molecule is C[C@]12CC[C@H](CCC3CCN3)CC1[C@@H](CO)[C@@H](O)[C@@H]1[C@@H]2CC[C@]2(C)C(=O)CC[C@@H]12. The van der Waals surface area contributed by atoms with Crippen molar-refractivity contribution in [2.75, 3.05) is 13.2 Å². The average molecular weight is 404 g/mol. The molecule has 0 aromatic heterocycles. The van der Waals surface area contributed by atoms with Crippen LogP contribution in [0, 0.1) is 46.3 Å². The zero-order chi connectivity index (χ0) is 20.4. The van der Waals surface area contributed by atoms with Crippen LogP contribution >= 0.6 is 0 Å². The summed E-state index contributed by atoms with van der Waals surface area (Å²) in [7, 11) is 0. The van der Waals surface area contributed by atoms with Gasteiger partial charge in [-0.05, 0) is 99.3 Å². The maximum atomic E-state index is 12.7. The molecule has 5 rings (SSSR count). The first-order valence-corrected chi connectivity index (χ1v) is 12.4. The monoisotopic (exact) mass is 403 g/mol. The van der Waals surface area contributed by atoms with Crippen molar-refractivity contribution in [2.24, 2.45) is 46.3 Å². The highest BCUT2D eigenvalue weighted by atomic mass is 16.3. The summed E-state index contributed by atoms with van der Waals surface area (Å²) in [6, 6.07) is 0.731. The minimum Gasteiger partial charge on any atom is -0.396 e. The molecule has 4 heteroatoms. The maximum Gasteiger partial charge on any atom is 0.139 e. The largest absolute Gasteiger partial charge is 0.396 e. The highest BCUT2D eigenvalue weighted by molar-refractivity contribution is 5.87. The van der Waals surface area contributed by atoms with Crippen LogP contribution in [-0.4, -0.2) is 41.3 Å². The van der Waals surface area contributed by atoms with Gasteiger partial charge in [0.15, 0.2) is 0 Å². The molecule has 0 radical (unpaired) electrons. The molecular formula is C25H41NO3. The lowest BCUT2D eigenvalue weighted by atomic mass is 9.41. The van der Waals surface area contributed by atoms with E-state index in [4.69, 9.17) is 0 Å². The zero-order valence-electron chi connectivity index (χ0n) is 18.4. The molecule has 0 aromatic carbocycles. The molecule has 164 valence electrons. The average Bonchev–Trinajstić information content (AvgIpc) is 2.97. The Bertz CT molecular complexity index is 648. The lowest BCUT2D eigenvalue weighted by molar-refractivity contribution is -0.201. The van der Waals surface area contributed by atoms with Crippen molar-refractivity contribution < 1.29 is 15.0 Å². The summed E-state index contributed by atoms with van der Waals surface area (Å²) in [5, 5.41) is 25.4. The fraction of sp³-hybridized carbons (Fsp3) is 0.960. The second-order valence-electron chi connectivity index (χ2n) is 11.8. The van der Waals surface area contributed by atoms with Crippen LogP contribution in [-0.2, 0) is 4.79 Å². The van der Waals surface area contributed by atoms with Crippen molar-refractivity contribution in [3.05, 3.63) is 0 Å². The van der Waals surface area contributed by atoms with Gasteiger partial charge in [-0.2, -0.15) is 0 Å². The third kappa shape index (κ3) is 2.99. The number of Topliss-reactive ketones (excluding diaryl/α,β-unsaturated/α-hetero) is 1. The Labute approximate surface area is 176 Å². The Morgan fingerprint density at radius 2 is 1.83 bits per heavy atom. The number of hydrogen-bond acceptors (Lipinski definition) is 4. The number of rotatable bonds is 4. The van der Waals surface area contributed by atoms with E-state index in [-0.39, 0.29) is 29.3 Å². The molecule has 10 atom stereocenters. The van der Waals surface area contributed by atoms with Gasteiger partial charge in [0, 0.05) is 30.4 Å². The summed E-state index contributed by atoms with van der Waals surface area (Å²) in [4.78, 5) is 12.7. The summed E-state index contributed by atoms with van der Waals surface area (Å²) in [6.07, 6.45) is 10.9. The molecule has 4 nitrogen and oxygen atoms in total. The van der Waals surface area contributed by atoms with Gasteiger partial charge < -0.3 is 15.5 Å². The van der Waals surface area contributed by atoms with Crippen LogP contribution < -0.4 is 5.32 Å². The highest BCUT2D eigenvalue weighted by Crippen LogP contribution is 2.67. The first-order chi connectivity index (χ1) is 13.9. The topological polar surface area (TPSA) is 69.6 Å². The number of aliphatic hydroxyl groups excluding tert-OH is 2. The molecule has 0 amide bonds. The van der Waals surface area contributed by atoms with Crippen LogP contribution in [0.5, 0.6) is 0 Å². The van der Waals surface area contributed by atoms with Crippen molar-refractivity contribution in [1.82, 2.24) is 5.32 Å². The van der Waals surface area contributed by atoms with E-state index in [1.807, 2.05) is 0 Å². The first kappa shape index (κ1) is 20.5. The van der Waals surface area contributed by atoms with E-state index in [1.54, 1.807) is 0 Å². The fourth-order valence-electron chi connectivity index (χ4n) is 8.84. The normalized spacial score (nSPS) is 54.3. The van der Waals surface area contributed by atoms with Gasteiger partial charge >= 0.3 is 0 Å². The summed E-state index contributed by atoms with van der Waals surface area (Å²) in [6.45, 7) is 5.93. The Morgan fingerprint density at radius 3 is 2.52 bits per heavy atom. The van der Waals surface area contributed by atoms with Crippen molar-refractivity contribution in [3.63, 3.8) is 0 Å². The maximum absolute atomic E-state index is 12.7. The quantitative estimate of drug-likeness (QED) is 0.671. The lowest BCUT2D eigenvalue weighted by Gasteiger charge is -2.64. The second kappa shape index (κ2) is 7.31. The zero-order valence-corrected chi connectivity index (χ0v) is 18.4. The van der Waals surface area contributed by atoms with E-state index in [0.29, 0.717) is 30.0 Å². The number of carbonyl (C=O) groups is 1. The molecule has 5 fully saturated rings. The molecule has 1 saturated heterocycles. The number of aliphatic hydroxyl groups is 2. The molecule has 4 aliphatic carbocycles. The van der Waals surface area contributed by atoms with Gasteiger partial charge in [-0.25, -0.2) is 0 Å². The fourth-order valence-corrected chi connectivity index (χ4v) is 8.84. The van der Waals surface area contributed by atoms with Gasteiger partial charge in [0.05, 0.1) is 6.10 Å². The highest BCUT2D eigenvalue weighted by Gasteiger charge is 2.64. The van der Waals surface area contributed by atoms with Crippen LogP contribution in [0.4, 0.5) is 0 Å². The van der Waals surface area contributed by atoms with Gasteiger partial charge in [0.2, 0.25) is 0 Å². The molecule has 5 aliphatic rings. The Morgan fingerprint density at radius 1 is 1.03 bits per heavy atom. The number of hydrogen-bond donors (Lipinski definition) is 3. The molecule has 4 saturated carbocycles. The number of carbonyl (C=O) groups excluding carboxylic acids is 1. The molecule has 0 bridgehead atoms. The van der Waals surface area contributed by atoms with Crippen LogP contribution in [0.2, 0.25) is 0 Å². The van der Waals surface area contributed by atoms with Crippen LogP contribution in [0.1, 0.15) is 78.1 Å². The van der Waals surface area contributed by atoms with E-state index < -0.39 is 6.10 Å². The lowest BCUT2D eigenvalue weighted by Crippen LogP contribution is -2.62. The predicted octanol–water partition coefficient (Wildman–Crippen LogP) is 3.55. The van der Waals surface area contributed by atoms with E-state index in [9.17, 15) is 15.0 Å². The number of fused-ring (bicyclic) bond motifs is 5. The Balaban J connectivity index is 1.38. The van der Waals surface area contributed by atoms with Gasteiger partial charge in [0.1, 0.15) is 5.78 Å². The molecule has 1 aliphatic heterocycles. The molecular weight excluding hydrogens is 362 g/mol. The molecule has 1 heterocycles. The number of nitrogens with one attached hydrogen (secondary N) is 1. The summed E-state index contributed by atoms with van der Waals surface area (Å²) < 4.78 is 0.